The summed E-state index contributed by atoms with van der Waals surface area (Å²) in [6.07, 6.45) is 4.38. The number of hydrogen-bond acceptors (Lipinski definition) is 6. The lowest BCUT2D eigenvalue weighted by Crippen LogP contribution is -2.30. The third-order valence-electron chi connectivity index (χ3n) is 3.50. The summed E-state index contributed by atoms with van der Waals surface area (Å²) in [5, 5.41) is 12.9. The van der Waals surface area contributed by atoms with Crippen LogP contribution in [-0.2, 0) is 13.5 Å². The molecule has 1 atom stereocenters. The van der Waals surface area contributed by atoms with Crippen LogP contribution in [0, 0.1) is 0 Å². The Hall–Kier alpha value is -2.06. The van der Waals surface area contributed by atoms with Gasteiger partial charge in [-0.25, -0.2) is 4.98 Å². The first kappa shape index (κ1) is 12.7. The van der Waals surface area contributed by atoms with Crippen molar-refractivity contribution in [3.05, 3.63) is 41.9 Å². The molecule has 1 aliphatic rings. The Labute approximate surface area is 125 Å². The van der Waals surface area contributed by atoms with Crippen molar-refractivity contribution >= 4 is 11.8 Å². The van der Waals surface area contributed by atoms with Crippen LogP contribution in [0.25, 0.3) is 0 Å². The van der Waals surface area contributed by atoms with Crippen molar-refractivity contribution < 1.29 is 4.42 Å². The molecule has 1 aliphatic heterocycles. The lowest BCUT2D eigenvalue weighted by molar-refractivity contribution is 0.382. The van der Waals surface area contributed by atoms with Crippen LogP contribution in [0.15, 0.2) is 39.5 Å². The van der Waals surface area contributed by atoms with Crippen LogP contribution < -0.4 is 5.32 Å². The monoisotopic (exact) mass is 302 g/mol. The van der Waals surface area contributed by atoms with Crippen molar-refractivity contribution in [3.8, 4) is 0 Å². The van der Waals surface area contributed by atoms with Crippen molar-refractivity contribution in [3.63, 3.8) is 0 Å². The molecule has 0 aliphatic carbocycles. The van der Waals surface area contributed by atoms with Gasteiger partial charge in [-0.05, 0) is 23.9 Å². The maximum Gasteiger partial charge on any atom is 0.198 e. The highest BCUT2D eigenvalue weighted by atomic mass is 32.2. The quantitative estimate of drug-likeness (QED) is 0.763. The highest BCUT2D eigenvalue weighted by Crippen LogP contribution is 2.32. The van der Waals surface area contributed by atoms with Gasteiger partial charge in [0, 0.05) is 25.7 Å². The van der Waals surface area contributed by atoms with Crippen molar-refractivity contribution in [1.29, 1.82) is 0 Å². The molecule has 3 aromatic rings. The van der Waals surface area contributed by atoms with Gasteiger partial charge in [0.05, 0.1) is 12.0 Å². The van der Waals surface area contributed by atoms with Gasteiger partial charge in [-0.2, -0.15) is 0 Å². The fourth-order valence-electron chi connectivity index (χ4n) is 2.45. The van der Waals surface area contributed by atoms with E-state index in [0.717, 1.165) is 34.7 Å². The molecule has 0 fully saturated rings. The summed E-state index contributed by atoms with van der Waals surface area (Å²) in [6.45, 7) is 0.909. The van der Waals surface area contributed by atoms with Gasteiger partial charge in [-0.1, -0.05) is 0 Å². The van der Waals surface area contributed by atoms with Gasteiger partial charge in [-0.15, -0.1) is 10.2 Å². The first-order valence-electron chi connectivity index (χ1n) is 6.68. The summed E-state index contributed by atoms with van der Waals surface area (Å²) in [5.41, 5.74) is 2.20. The van der Waals surface area contributed by atoms with E-state index in [1.165, 1.54) is 17.5 Å². The minimum absolute atomic E-state index is 0.00819. The van der Waals surface area contributed by atoms with Crippen LogP contribution in [0.5, 0.6) is 0 Å². The topological polar surface area (TPSA) is 84.6 Å². The first-order valence-corrected chi connectivity index (χ1v) is 7.50. The number of imidazole rings is 1. The Kier molecular flexibility index (Phi) is 3.04. The molecule has 0 bridgehead atoms. The number of aromatic amines is 1. The number of rotatable bonds is 3. The second-order valence-corrected chi connectivity index (χ2v) is 5.86. The van der Waals surface area contributed by atoms with Crippen molar-refractivity contribution in [2.24, 2.45) is 7.05 Å². The fraction of sp³-hybridized carbons (Fsp3) is 0.308. The molecule has 0 saturated carbocycles. The highest BCUT2D eigenvalue weighted by molar-refractivity contribution is 7.99. The zero-order chi connectivity index (χ0) is 14.2. The summed E-state index contributed by atoms with van der Waals surface area (Å²) in [5.74, 6) is 0.868. The average molecular weight is 302 g/mol. The van der Waals surface area contributed by atoms with E-state index in [2.05, 4.69) is 25.5 Å². The average Bonchev–Trinajstić information content (AvgIpc) is 3.21. The van der Waals surface area contributed by atoms with Crippen molar-refractivity contribution in [2.75, 3.05) is 6.54 Å². The zero-order valence-corrected chi connectivity index (χ0v) is 12.2. The molecular formula is C13H14N6OS. The summed E-state index contributed by atoms with van der Waals surface area (Å²) in [7, 11) is 1.91. The van der Waals surface area contributed by atoms with Gasteiger partial charge >= 0.3 is 0 Å². The van der Waals surface area contributed by atoms with Crippen LogP contribution in [0.1, 0.15) is 23.2 Å². The number of aryl methyl sites for hydroxylation is 1. The van der Waals surface area contributed by atoms with E-state index >= 15 is 0 Å². The number of fused-ring (bicyclic) bond motifs is 1. The number of H-pyrrole nitrogens is 1. The van der Waals surface area contributed by atoms with Gasteiger partial charge in [0.1, 0.15) is 18.1 Å². The molecule has 0 amide bonds. The Morgan fingerprint density at radius 3 is 3.24 bits per heavy atom. The van der Waals surface area contributed by atoms with Gasteiger partial charge < -0.3 is 19.3 Å². The van der Waals surface area contributed by atoms with Gasteiger partial charge in [0.2, 0.25) is 0 Å². The lowest BCUT2D eigenvalue weighted by atomic mass is 10.0. The molecular weight excluding hydrogens is 288 g/mol. The predicted octanol–water partition coefficient (Wildman–Crippen LogP) is 1.52. The molecule has 0 radical (unpaired) electrons. The third-order valence-corrected chi connectivity index (χ3v) is 4.47. The van der Waals surface area contributed by atoms with Crippen molar-refractivity contribution in [1.82, 2.24) is 30.0 Å². The van der Waals surface area contributed by atoms with Crippen LogP contribution in [-0.4, -0.2) is 31.3 Å². The van der Waals surface area contributed by atoms with Crippen LogP contribution in [0.3, 0.4) is 0 Å². The van der Waals surface area contributed by atoms with Crippen LogP contribution in [0.4, 0.5) is 0 Å². The second kappa shape index (κ2) is 5.05. The van der Waals surface area contributed by atoms with E-state index in [1.807, 2.05) is 23.7 Å². The standard InChI is InChI=1S/C13H14N6OS/c1-19-7-17-18-13(19)21-10-3-2-9(20-10)12-11-8(4-5-14-12)15-6-16-11/h2-3,6-7,12,14H,4-5H2,1H3,(H,15,16)/t12-/m0/s1. The molecule has 108 valence electrons. The van der Waals surface area contributed by atoms with Crippen LogP contribution in [0.2, 0.25) is 0 Å². The van der Waals surface area contributed by atoms with E-state index in [1.54, 1.807) is 12.7 Å². The molecule has 0 saturated heterocycles. The minimum atomic E-state index is 0.00819. The smallest absolute Gasteiger partial charge is 0.198 e. The van der Waals surface area contributed by atoms with Gasteiger partial charge in [0.15, 0.2) is 10.2 Å². The number of furan rings is 1. The summed E-state index contributed by atoms with van der Waals surface area (Å²) in [4.78, 5) is 7.59. The Morgan fingerprint density at radius 2 is 2.38 bits per heavy atom. The zero-order valence-electron chi connectivity index (χ0n) is 11.4. The number of hydrogen-bond donors (Lipinski definition) is 2. The van der Waals surface area contributed by atoms with E-state index in [9.17, 15) is 0 Å². The number of nitrogens with zero attached hydrogens (tertiary/aromatic N) is 4. The summed E-state index contributed by atoms with van der Waals surface area (Å²) in [6, 6.07) is 3.95. The third kappa shape index (κ3) is 2.26. The Morgan fingerprint density at radius 1 is 1.43 bits per heavy atom. The molecule has 7 nitrogen and oxygen atoms in total. The second-order valence-electron chi connectivity index (χ2n) is 4.89. The molecule has 4 rings (SSSR count). The minimum Gasteiger partial charge on any atom is -0.452 e. The summed E-state index contributed by atoms with van der Waals surface area (Å²) >= 11 is 1.46. The molecule has 0 unspecified atom stereocenters. The maximum absolute atomic E-state index is 5.94. The molecule has 2 N–H and O–H groups in total. The lowest BCUT2D eigenvalue weighted by Gasteiger charge is -2.20. The molecule has 8 heteroatoms. The van der Waals surface area contributed by atoms with E-state index in [4.69, 9.17) is 4.42 Å². The molecule has 3 aromatic heterocycles. The normalized spacial score (nSPS) is 17.9. The Bertz CT molecular complexity index is 760. The van der Waals surface area contributed by atoms with Gasteiger partial charge in [-0.3, -0.25) is 0 Å². The highest BCUT2D eigenvalue weighted by Gasteiger charge is 2.26. The number of nitrogens with one attached hydrogen (secondary N) is 2. The number of aromatic nitrogens is 5. The molecule has 0 spiro atoms. The molecule has 4 heterocycles. The SMILES string of the molecule is Cn1cnnc1Sc1ccc([C@@H]2NCCc3[nH]cnc32)o1. The van der Waals surface area contributed by atoms with Crippen LogP contribution >= 0.6 is 11.8 Å². The van der Waals surface area contributed by atoms with E-state index in [-0.39, 0.29) is 6.04 Å². The largest absolute Gasteiger partial charge is 0.452 e. The van der Waals surface area contributed by atoms with Crippen molar-refractivity contribution in [2.45, 2.75) is 22.7 Å². The Balaban J connectivity index is 1.60. The first-order chi connectivity index (χ1) is 10.3. The summed E-state index contributed by atoms with van der Waals surface area (Å²) < 4.78 is 7.80. The maximum atomic E-state index is 5.94. The molecule has 0 aromatic carbocycles. The predicted molar refractivity (Wildman–Crippen MR) is 76.0 cm³/mol. The molecule has 21 heavy (non-hydrogen) atoms. The van der Waals surface area contributed by atoms with E-state index < -0.39 is 0 Å². The fourth-order valence-corrected chi connectivity index (χ4v) is 3.19. The van der Waals surface area contributed by atoms with E-state index in [0.29, 0.717) is 0 Å². The van der Waals surface area contributed by atoms with Gasteiger partial charge in [0.25, 0.3) is 0 Å².